The van der Waals surface area contributed by atoms with Crippen LogP contribution in [0.4, 0.5) is 8.78 Å². The number of aliphatic hydroxyl groups excluding tert-OH is 1. The van der Waals surface area contributed by atoms with Crippen LogP contribution in [-0.4, -0.2) is 19.3 Å². The number of hydrogen-bond acceptors (Lipinski definition) is 3. The van der Waals surface area contributed by atoms with Gasteiger partial charge < -0.3 is 14.6 Å². The molecule has 1 atom stereocenters. The monoisotopic (exact) mass is 294 g/mol. The molecule has 1 N–H and O–H groups in total. The van der Waals surface area contributed by atoms with Crippen LogP contribution in [0.2, 0.25) is 0 Å². The van der Waals surface area contributed by atoms with Crippen molar-refractivity contribution in [3.8, 4) is 11.5 Å². The van der Waals surface area contributed by atoms with E-state index in [4.69, 9.17) is 9.47 Å². The molecule has 0 saturated heterocycles. The molecule has 21 heavy (non-hydrogen) atoms. The zero-order valence-corrected chi connectivity index (χ0v) is 11.8. The fourth-order valence-electron chi connectivity index (χ4n) is 2.23. The van der Waals surface area contributed by atoms with Crippen LogP contribution in [0.5, 0.6) is 11.5 Å². The van der Waals surface area contributed by atoms with Gasteiger partial charge in [-0.1, -0.05) is 12.1 Å². The van der Waals surface area contributed by atoms with E-state index in [1.54, 1.807) is 18.2 Å². The van der Waals surface area contributed by atoms with Crippen LogP contribution in [0.25, 0.3) is 0 Å². The first kappa shape index (κ1) is 15.3. The van der Waals surface area contributed by atoms with Crippen LogP contribution in [0.3, 0.4) is 0 Å². The SMILES string of the molecule is COc1cccc(OC)c1C(O)Cc1c(F)cccc1F. The van der Waals surface area contributed by atoms with E-state index < -0.39 is 17.7 Å². The third kappa shape index (κ3) is 3.13. The molecule has 3 nitrogen and oxygen atoms in total. The fourth-order valence-corrected chi connectivity index (χ4v) is 2.23. The van der Waals surface area contributed by atoms with E-state index in [0.29, 0.717) is 17.1 Å². The van der Waals surface area contributed by atoms with Crippen LogP contribution in [0.15, 0.2) is 36.4 Å². The van der Waals surface area contributed by atoms with E-state index in [2.05, 4.69) is 0 Å². The van der Waals surface area contributed by atoms with Gasteiger partial charge in [0.05, 0.1) is 25.9 Å². The molecule has 5 heteroatoms. The molecular formula is C16H16F2O3. The summed E-state index contributed by atoms with van der Waals surface area (Å²) >= 11 is 0. The summed E-state index contributed by atoms with van der Waals surface area (Å²) in [6.07, 6.45) is -1.36. The highest BCUT2D eigenvalue weighted by Gasteiger charge is 2.22. The maximum atomic E-state index is 13.7. The lowest BCUT2D eigenvalue weighted by Gasteiger charge is -2.18. The molecule has 0 radical (unpaired) electrons. The number of hydrogen-bond donors (Lipinski definition) is 1. The van der Waals surface area contributed by atoms with E-state index in [1.165, 1.54) is 20.3 Å². The smallest absolute Gasteiger partial charge is 0.129 e. The minimum Gasteiger partial charge on any atom is -0.496 e. The first-order valence-corrected chi connectivity index (χ1v) is 6.40. The third-order valence-electron chi connectivity index (χ3n) is 3.26. The normalized spacial score (nSPS) is 12.0. The molecule has 0 bridgehead atoms. The molecule has 0 amide bonds. The van der Waals surface area contributed by atoms with Gasteiger partial charge in [0, 0.05) is 12.0 Å². The van der Waals surface area contributed by atoms with E-state index in [9.17, 15) is 13.9 Å². The summed E-state index contributed by atoms with van der Waals surface area (Å²) in [6, 6.07) is 8.61. The van der Waals surface area contributed by atoms with Gasteiger partial charge in [-0.2, -0.15) is 0 Å². The van der Waals surface area contributed by atoms with Gasteiger partial charge in [0.2, 0.25) is 0 Å². The molecule has 0 aliphatic heterocycles. The number of benzene rings is 2. The summed E-state index contributed by atoms with van der Waals surface area (Å²) in [6.45, 7) is 0. The molecule has 2 aromatic rings. The van der Waals surface area contributed by atoms with Crippen LogP contribution >= 0.6 is 0 Å². The van der Waals surface area contributed by atoms with Crippen molar-refractivity contribution >= 4 is 0 Å². The average Bonchev–Trinajstić information content (AvgIpc) is 2.49. The van der Waals surface area contributed by atoms with Crippen molar-refractivity contribution in [2.45, 2.75) is 12.5 Å². The van der Waals surface area contributed by atoms with E-state index in [0.717, 1.165) is 12.1 Å². The lowest BCUT2D eigenvalue weighted by atomic mass is 9.99. The van der Waals surface area contributed by atoms with Gasteiger partial charge in [0.15, 0.2) is 0 Å². The largest absolute Gasteiger partial charge is 0.496 e. The molecule has 112 valence electrons. The Morgan fingerprint density at radius 3 is 1.90 bits per heavy atom. The maximum absolute atomic E-state index is 13.7. The molecular weight excluding hydrogens is 278 g/mol. The quantitative estimate of drug-likeness (QED) is 0.920. The fraction of sp³-hybridized carbons (Fsp3) is 0.250. The molecule has 2 aromatic carbocycles. The third-order valence-corrected chi connectivity index (χ3v) is 3.26. The van der Waals surface area contributed by atoms with Gasteiger partial charge >= 0.3 is 0 Å². The van der Waals surface area contributed by atoms with E-state index >= 15 is 0 Å². The molecule has 0 aliphatic carbocycles. The Hall–Kier alpha value is -2.14. The Labute approximate surface area is 121 Å². The lowest BCUT2D eigenvalue weighted by molar-refractivity contribution is 0.166. The van der Waals surface area contributed by atoms with Crippen molar-refractivity contribution in [2.75, 3.05) is 14.2 Å². The predicted octanol–water partition coefficient (Wildman–Crippen LogP) is 3.26. The number of halogens is 2. The summed E-state index contributed by atoms with van der Waals surface area (Å²) < 4.78 is 37.7. The van der Waals surface area contributed by atoms with Gasteiger partial charge in [0.25, 0.3) is 0 Å². The van der Waals surface area contributed by atoms with Crippen LogP contribution in [0, 0.1) is 11.6 Å². The Morgan fingerprint density at radius 2 is 1.43 bits per heavy atom. The Morgan fingerprint density at radius 1 is 0.952 bits per heavy atom. The Bertz CT molecular complexity index is 586. The second-order valence-electron chi connectivity index (χ2n) is 4.50. The summed E-state index contributed by atoms with van der Waals surface area (Å²) in [4.78, 5) is 0. The van der Waals surface area contributed by atoms with Crippen molar-refractivity contribution in [1.82, 2.24) is 0 Å². The number of rotatable bonds is 5. The number of ether oxygens (including phenoxy) is 2. The number of aliphatic hydroxyl groups is 1. The molecule has 0 heterocycles. The molecule has 0 aromatic heterocycles. The molecule has 0 saturated carbocycles. The highest BCUT2D eigenvalue weighted by Crippen LogP contribution is 2.36. The second kappa shape index (κ2) is 6.54. The molecule has 0 spiro atoms. The minimum atomic E-state index is -1.15. The van der Waals surface area contributed by atoms with Crippen LogP contribution < -0.4 is 9.47 Å². The van der Waals surface area contributed by atoms with Crippen molar-refractivity contribution in [3.05, 3.63) is 59.2 Å². The van der Waals surface area contributed by atoms with Crippen LogP contribution in [0.1, 0.15) is 17.2 Å². The zero-order valence-electron chi connectivity index (χ0n) is 11.8. The maximum Gasteiger partial charge on any atom is 0.129 e. The summed E-state index contributed by atoms with van der Waals surface area (Å²) in [5.41, 5.74) is 0.197. The standard InChI is InChI=1S/C16H16F2O3/c1-20-14-7-4-8-15(21-2)16(14)13(19)9-10-11(17)5-3-6-12(10)18/h3-8,13,19H,9H2,1-2H3. The van der Waals surface area contributed by atoms with Gasteiger partial charge in [-0.05, 0) is 24.3 Å². The lowest BCUT2D eigenvalue weighted by Crippen LogP contribution is -2.09. The van der Waals surface area contributed by atoms with Gasteiger partial charge in [0.1, 0.15) is 23.1 Å². The van der Waals surface area contributed by atoms with Crippen LogP contribution in [-0.2, 0) is 6.42 Å². The molecule has 2 rings (SSSR count). The first-order valence-electron chi connectivity index (χ1n) is 6.40. The predicted molar refractivity (Wildman–Crippen MR) is 74.6 cm³/mol. The molecule has 1 unspecified atom stereocenters. The van der Waals surface area contributed by atoms with Crippen molar-refractivity contribution < 1.29 is 23.4 Å². The van der Waals surface area contributed by atoms with Gasteiger partial charge in [-0.15, -0.1) is 0 Å². The van der Waals surface area contributed by atoms with Crippen molar-refractivity contribution in [1.29, 1.82) is 0 Å². The van der Waals surface area contributed by atoms with Crippen molar-refractivity contribution in [2.24, 2.45) is 0 Å². The summed E-state index contributed by atoms with van der Waals surface area (Å²) in [5, 5.41) is 10.4. The topological polar surface area (TPSA) is 38.7 Å². The van der Waals surface area contributed by atoms with Gasteiger partial charge in [-0.3, -0.25) is 0 Å². The first-order chi connectivity index (χ1) is 10.1. The zero-order chi connectivity index (χ0) is 15.4. The second-order valence-corrected chi connectivity index (χ2v) is 4.50. The van der Waals surface area contributed by atoms with E-state index in [1.807, 2.05) is 0 Å². The number of methoxy groups -OCH3 is 2. The molecule has 0 fully saturated rings. The summed E-state index contributed by atoms with van der Waals surface area (Å²) in [5.74, 6) is -0.581. The average molecular weight is 294 g/mol. The summed E-state index contributed by atoms with van der Waals surface area (Å²) in [7, 11) is 2.91. The Balaban J connectivity index is 2.39. The van der Waals surface area contributed by atoms with Gasteiger partial charge in [-0.25, -0.2) is 8.78 Å². The van der Waals surface area contributed by atoms with Crippen molar-refractivity contribution in [3.63, 3.8) is 0 Å². The highest BCUT2D eigenvalue weighted by atomic mass is 19.1. The Kier molecular flexibility index (Phi) is 4.75. The molecule has 0 aliphatic rings. The van der Waals surface area contributed by atoms with E-state index in [-0.39, 0.29) is 12.0 Å². The highest BCUT2D eigenvalue weighted by molar-refractivity contribution is 5.46. The minimum absolute atomic E-state index is 0.169.